The van der Waals surface area contributed by atoms with Crippen molar-refractivity contribution < 1.29 is 9.72 Å². The zero-order valence-electron chi connectivity index (χ0n) is 11.5. The maximum absolute atomic E-state index is 10.9. The first kappa shape index (κ1) is 14.0. The van der Waals surface area contributed by atoms with Gasteiger partial charge in [0.25, 0.3) is 5.69 Å². The molecule has 0 radical (unpaired) electrons. The molecule has 0 unspecified atom stereocenters. The molecule has 0 saturated heterocycles. The second kappa shape index (κ2) is 5.69. The Hall–Kier alpha value is -2.43. The van der Waals surface area contributed by atoms with Crippen LogP contribution in [0, 0.1) is 24.0 Å². The van der Waals surface area contributed by atoms with Crippen molar-refractivity contribution in [3.63, 3.8) is 0 Å². The second-order valence-electron chi connectivity index (χ2n) is 4.77. The molecule has 2 aromatic rings. The zero-order valence-corrected chi connectivity index (χ0v) is 11.5. The third-order valence-electron chi connectivity index (χ3n) is 3.51. The summed E-state index contributed by atoms with van der Waals surface area (Å²) < 4.78 is 2.09. The third-order valence-corrected chi connectivity index (χ3v) is 3.51. The molecule has 0 aliphatic rings. The Balaban J connectivity index is 2.10. The topological polar surface area (TPSA) is 65.1 Å². The first-order valence-electron chi connectivity index (χ1n) is 6.38. The van der Waals surface area contributed by atoms with Crippen molar-refractivity contribution in [2.45, 2.75) is 26.8 Å². The number of benzene rings is 1. The van der Waals surface area contributed by atoms with Crippen LogP contribution in [0.1, 0.15) is 27.3 Å². The Morgan fingerprint density at radius 1 is 1.25 bits per heavy atom. The Labute approximate surface area is 117 Å². The fourth-order valence-corrected chi connectivity index (χ4v) is 2.32. The summed E-state index contributed by atoms with van der Waals surface area (Å²) in [5.41, 5.74) is 3.86. The number of carbonyl (C=O) groups is 1. The summed E-state index contributed by atoms with van der Waals surface area (Å²) in [4.78, 5) is 21.1. The van der Waals surface area contributed by atoms with E-state index in [9.17, 15) is 14.9 Å². The van der Waals surface area contributed by atoms with Crippen molar-refractivity contribution in [2.75, 3.05) is 0 Å². The van der Waals surface area contributed by atoms with Gasteiger partial charge in [-0.2, -0.15) is 0 Å². The number of aromatic nitrogens is 1. The predicted octanol–water partition coefficient (Wildman–Crippen LogP) is 3.07. The molecule has 0 fully saturated rings. The van der Waals surface area contributed by atoms with E-state index in [4.69, 9.17) is 0 Å². The highest BCUT2D eigenvalue weighted by molar-refractivity contribution is 5.77. The van der Waals surface area contributed by atoms with Gasteiger partial charge in [0.05, 0.1) is 4.92 Å². The molecule has 5 nitrogen and oxygen atoms in total. The molecule has 0 spiro atoms. The molecule has 0 atom stereocenters. The highest BCUT2D eigenvalue weighted by atomic mass is 16.6. The molecular formula is C15H16N2O3. The van der Waals surface area contributed by atoms with Crippen molar-refractivity contribution in [1.82, 2.24) is 4.57 Å². The van der Waals surface area contributed by atoms with Gasteiger partial charge < -0.3 is 4.57 Å². The Morgan fingerprint density at radius 2 is 1.90 bits per heavy atom. The standard InChI is InChI=1S/C15H16N2O3/c1-11-9-14(10-18)12(2)16(11)8-7-13-3-5-15(6-4-13)17(19)20/h3-6,9-10H,7-8H2,1-2H3. The summed E-state index contributed by atoms with van der Waals surface area (Å²) in [6, 6.07) is 8.45. The highest BCUT2D eigenvalue weighted by Crippen LogP contribution is 2.16. The lowest BCUT2D eigenvalue weighted by molar-refractivity contribution is -0.384. The van der Waals surface area contributed by atoms with Gasteiger partial charge in [-0.3, -0.25) is 14.9 Å². The fraction of sp³-hybridized carbons (Fsp3) is 0.267. The lowest BCUT2D eigenvalue weighted by Gasteiger charge is -2.09. The van der Waals surface area contributed by atoms with E-state index in [1.807, 2.05) is 19.9 Å². The molecule has 0 aliphatic heterocycles. The summed E-state index contributed by atoms with van der Waals surface area (Å²) in [6.07, 6.45) is 1.64. The minimum atomic E-state index is -0.402. The number of nitro benzene ring substituents is 1. The van der Waals surface area contributed by atoms with Gasteiger partial charge in [-0.25, -0.2) is 0 Å². The molecular weight excluding hydrogens is 256 g/mol. The number of aldehydes is 1. The smallest absolute Gasteiger partial charge is 0.269 e. The summed E-state index contributed by atoms with van der Waals surface area (Å²) in [5.74, 6) is 0. The number of nitrogens with zero attached hydrogens (tertiary/aromatic N) is 2. The van der Waals surface area contributed by atoms with E-state index in [0.29, 0.717) is 5.56 Å². The summed E-state index contributed by atoms with van der Waals surface area (Å²) in [7, 11) is 0. The first-order chi connectivity index (χ1) is 9.52. The zero-order chi connectivity index (χ0) is 14.7. The number of hydrogen-bond acceptors (Lipinski definition) is 3. The lowest BCUT2D eigenvalue weighted by Crippen LogP contribution is -2.05. The highest BCUT2D eigenvalue weighted by Gasteiger charge is 2.09. The number of carbonyl (C=O) groups excluding carboxylic acids is 1. The lowest BCUT2D eigenvalue weighted by atomic mass is 10.1. The molecule has 20 heavy (non-hydrogen) atoms. The monoisotopic (exact) mass is 272 g/mol. The summed E-state index contributed by atoms with van der Waals surface area (Å²) in [6.45, 7) is 4.64. The van der Waals surface area contributed by atoms with Crippen molar-refractivity contribution in [3.8, 4) is 0 Å². The van der Waals surface area contributed by atoms with Gasteiger partial charge in [0.2, 0.25) is 0 Å². The van der Waals surface area contributed by atoms with Crippen LogP contribution >= 0.6 is 0 Å². The largest absolute Gasteiger partial charge is 0.348 e. The van der Waals surface area contributed by atoms with Crippen LogP contribution in [0.4, 0.5) is 5.69 Å². The molecule has 1 heterocycles. The number of hydrogen-bond donors (Lipinski definition) is 0. The van der Waals surface area contributed by atoms with Gasteiger partial charge in [-0.1, -0.05) is 12.1 Å². The van der Waals surface area contributed by atoms with Crippen molar-refractivity contribution in [2.24, 2.45) is 0 Å². The predicted molar refractivity (Wildman–Crippen MR) is 76.1 cm³/mol. The van der Waals surface area contributed by atoms with Gasteiger partial charge in [0.15, 0.2) is 6.29 Å². The molecule has 1 aromatic heterocycles. The van der Waals surface area contributed by atoms with Crippen molar-refractivity contribution in [1.29, 1.82) is 0 Å². The Bertz CT molecular complexity index is 642. The van der Waals surface area contributed by atoms with Crippen LogP contribution in [0.25, 0.3) is 0 Å². The van der Waals surface area contributed by atoms with E-state index in [2.05, 4.69) is 4.57 Å². The minimum absolute atomic E-state index is 0.102. The number of aryl methyl sites for hydroxylation is 2. The van der Waals surface area contributed by atoms with Gasteiger partial charge in [-0.15, -0.1) is 0 Å². The molecule has 1 aromatic carbocycles. The first-order valence-corrected chi connectivity index (χ1v) is 6.38. The Morgan fingerprint density at radius 3 is 2.40 bits per heavy atom. The molecule has 0 aliphatic carbocycles. The average Bonchev–Trinajstić information content (AvgIpc) is 2.71. The number of non-ortho nitro benzene ring substituents is 1. The maximum atomic E-state index is 10.9. The fourth-order valence-electron chi connectivity index (χ4n) is 2.32. The van der Waals surface area contributed by atoms with Gasteiger partial charge in [-0.05, 0) is 31.9 Å². The van der Waals surface area contributed by atoms with E-state index >= 15 is 0 Å². The molecule has 0 saturated carbocycles. The van der Waals surface area contributed by atoms with E-state index in [1.165, 1.54) is 12.1 Å². The third kappa shape index (κ3) is 2.77. The molecule has 0 bridgehead atoms. The summed E-state index contributed by atoms with van der Waals surface area (Å²) >= 11 is 0. The van der Waals surface area contributed by atoms with E-state index in [-0.39, 0.29) is 5.69 Å². The van der Waals surface area contributed by atoms with Gasteiger partial charge >= 0.3 is 0 Å². The molecule has 0 amide bonds. The minimum Gasteiger partial charge on any atom is -0.348 e. The normalized spacial score (nSPS) is 10.5. The number of nitro groups is 1. The SMILES string of the molecule is Cc1cc(C=O)c(C)n1CCc1ccc([N+](=O)[O-])cc1. The molecule has 0 N–H and O–H groups in total. The molecule has 2 rings (SSSR count). The van der Waals surface area contributed by atoms with Crippen LogP contribution in [0.15, 0.2) is 30.3 Å². The second-order valence-corrected chi connectivity index (χ2v) is 4.77. The van der Waals surface area contributed by atoms with Crippen LogP contribution in [0.5, 0.6) is 0 Å². The maximum Gasteiger partial charge on any atom is 0.269 e. The van der Waals surface area contributed by atoms with Crippen LogP contribution in [-0.2, 0) is 13.0 Å². The quantitative estimate of drug-likeness (QED) is 0.477. The summed E-state index contributed by atoms with van der Waals surface area (Å²) in [5, 5.41) is 10.6. The van der Waals surface area contributed by atoms with Crippen molar-refractivity contribution >= 4 is 12.0 Å². The Kier molecular flexibility index (Phi) is 3.98. The molecule has 5 heteroatoms. The van der Waals surface area contributed by atoms with Gasteiger partial charge in [0.1, 0.15) is 0 Å². The van der Waals surface area contributed by atoms with E-state index in [1.54, 1.807) is 12.1 Å². The van der Waals surface area contributed by atoms with Crippen LogP contribution < -0.4 is 0 Å². The van der Waals surface area contributed by atoms with Gasteiger partial charge in [0, 0.05) is 35.6 Å². The van der Waals surface area contributed by atoms with Crippen LogP contribution in [0.3, 0.4) is 0 Å². The van der Waals surface area contributed by atoms with Crippen LogP contribution in [0.2, 0.25) is 0 Å². The number of rotatable bonds is 5. The van der Waals surface area contributed by atoms with Crippen molar-refractivity contribution in [3.05, 3.63) is 63.0 Å². The van der Waals surface area contributed by atoms with E-state index in [0.717, 1.165) is 36.2 Å². The molecule has 104 valence electrons. The van der Waals surface area contributed by atoms with E-state index < -0.39 is 4.92 Å². The van der Waals surface area contributed by atoms with Crippen LogP contribution in [-0.4, -0.2) is 15.8 Å². The average molecular weight is 272 g/mol.